The zero-order chi connectivity index (χ0) is 18.7. The molecule has 1 N–H and O–H groups in total. The number of hydrogen-bond donors (Lipinski definition) is 1. The van der Waals surface area contributed by atoms with Crippen LogP contribution in [0.4, 0.5) is 0 Å². The van der Waals surface area contributed by atoms with E-state index in [1.165, 1.54) is 18.9 Å². The lowest BCUT2D eigenvalue weighted by molar-refractivity contribution is -0.145. The third-order valence-corrected chi connectivity index (χ3v) is 5.71. The van der Waals surface area contributed by atoms with E-state index in [-0.39, 0.29) is 17.6 Å². The van der Waals surface area contributed by atoms with Crippen LogP contribution in [0.3, 0.4) is 0 Å². The number of esters is 1. The molecule has 0 radical (unpaired) electrons. The number of hydrogen-bond acceptors (Lipinski definition) is 7. The normalized spacial score (nSPS) is 12.6. The van der Waals surface area contributed by atoms with E-state index in [0.29, 0.717) is 11.6 Å². The second kappa shape index (κ2) is 8.05. The highest BCUT2D eigenvalue weighted by Gasteiger charge is 2.23. The zero-order valence-electron chi connectivity index (χ0n) is 14.8. The predicted molar refractivity (Wildman–Crippen MR) is 102 cm³/mol. The molecule has 9 heteroatoms. The molecule has 2 heterocycles. The number of nitrogens with zero attached hydrogens (tertiary/aromatic N) is 3. The van der Waals surface area contributed by atoms with Gasteiger partial charge in [-0.3, -0.25) is 9.20 Å². The number of benzene rings is 1. The minimum absolute atomic E-state index is 0.149. The standard InChI is InChI=1S/C17H20N4O3S2/c1-10(2)8-11(15(23)24-3)18-14(22)9-25-16-19-20-17-21(16)12-6-4-5-7-13(12)26-17/h4-7,10-11H,8-9H2,1-3H3,(H,18,22)/t11-/m0/s1. The first-order valence-electron chi connectivity index (χ1n) is 8.22. The van der Waals surface area contributed by atoms with Crippen LogP contribution in [0.25, 0.3) is 15.2 Å². The van der Waals surface area contributed by atoms with Gasteiger partial charge in [-0.05, 0) is 24.5 Å². The number of rotatable bonds is 7. The molecule has 1 atom stereocenters. The molecule has 1 amide bonds. The van der Waals surface area contributed by atoms with Crippen LogP contribution in [0.2, 0.25) is 0 Å². The maximum Gasteiger partial charge on any atom is 0.328 e. The Hall–Kier alpha value is -2.13. The number of carbonyl (C=O) groups is 2. The van der Waals surface area contributed by atoms with E-state index in [0.717, 1.165) is 15.2 Å². The second-order valence-electron chi connectivity index (χ2n) is 6.23. The van der Waals surface area contributed by atoms with Crippen LogP contribution in [0.5, 0.6) is 0 Å². The Bertz CT molecular complexity index is 935. The summed E-state index contributed by atoms with van der Waals surface area (Å²) in [5, 5.41) is 11.8. The van der Waals surface area contributed by atoms with E-state index in [4.69, 9.17) is 4.74 Å². The van der Waals surface area contributed by atoms with Gasteiger partial charge in [0, 0.05) is 0 Å². The number of nitrogens with one attached hydrogen (secondary N) is 1. The predicted octanol–water partition coefficient (Wildman–Crippen LogP) is 2.74. The lowest BCUT2D eigenvalue weighted by Crippen LogP contribution is -2.43. The molecule has 0 bridgehead atoms. The Morgan fingerprint density at radius 1 is 1.31 bits per heavy atom. The summed E-state index contributed by atoms with van der Waals surface area (Å²) in [5.74, 6) is -0.246. The van der Waals surface area contributed by atoms with Gasteiger partial charge in [0.05, 0.1) is 23.1 Å². The Morgan fingerprint density at radius 2 is 2.08 bits per heavy atom. The molecule has 138 valence electrons. The SMILES string of the molecule is COC(=O)[C@H](CC(C)C)NC(=O)CSc1nnc2sc3ccccc3n12. The third kappa shape index (κ3) is 3.99. The Kier molecular flexibility index (Phi) is 5.77. The number of ether oxygens (including phenoxy) is 1. The van der Waals surface area contributed by atoms with Gasteiger partial charge in [-0.25, -0.2) is 4.79 Å². The van der Waals surface area contributed by atoms with Crippen molar-refractivity contribution in [3.8, 4) is 0 Å². The summed E-state index contributed by atoms with van der Waals surface area (Å²) in [4.78, 5) is 24.9. The summed E-state index contributed by atoms with van der Waals surface area (Å²) in [6, 6.07) is 7.34. The molecule has 3 aromatic rings. The number of thioether (sulfide) groups is 1. The first-order chi connectivity index (χ1) is 12.5. The van der Waals surface area contributed by atoms with Crippen LogP contribution in [0.15, 0.2) is 29.4 Å². The van der Waals surface area contributed by atoms with E-state index in [9.17, 15) is 9.59 Å². The molecular formula is C17H20N4O3S2. The maximum atomic E-state index is 12.3. The molecule has 26 heavy (non-hydrogen) atoms. The summed E-state index contributed by atoms with van der Waals surface area (Å²) >= 11 is 2.85. The van der Waals surface area contributed by atoms with Crippen molar-refractivity contribution in [2.45, 2.75) is 31.5 Å². The summed E-state index contributed by atoms with van der Waals surface area (Å²) in [6.45, 7) is 3.98. The van der Waals surface area contributed by atoms with Crippen LogP contribution < -0.4 is 5.32 Å². The van der Waals surface area contributed by atoms with Crippen molar-refractivity contribution in [3.05, 3.63) is 24.3 Å². The fourth-order valence-corrected chi connectivity index (χ4v) is 4.42. The molecule has 0 saturated carbocycles. The number of amides is 1. The highest BCUT2D eigenvalue weighted by molar-refractivity contribution is 7.99. The molecule has 0 saturated heterocycles. The quantitative estimate of drug-likeness (QED) is 0.492. The van der Waals surface area contributed by atoms with Gasteiger partial charge in [0.2, 0.25) is 10.9 Å². The highest BCUT2D eigenvalue weighted by atomic mass is 32.2. The lowest BCUT2D eigenvalue weighted by atomic mass is 10.0. The number of aromatic nitrogens is 3. The Morgan fingerprint density at radius 3 is 2.81 bits per heavy atom. The lowest BCUT2D eigenvalue weighted by Gasteiger charge is -2.18. The number of fused-ring (bicyclic) bond motifs is 3. The Labute approximate surface area is 159 Å². The van der Waals surface area contributed by atoms with Gasteiger partial charge in [0.15, 0.2) is 5.16 Å². The number of carbonyl (C=O) groups excluding carboxylic acids is 2. The van der Waals surface area contributed by atoms with Crippen molar-refractivity contribution in [1.29, 1.82) is 0 Å². The zero-order valence-corrected chi connectivity index (χ0v) is 16.4. The average Bonchev–Trinajstić information content (AvgIpc) is 3.17. The van der Waals surface area contributed by atoms with Gasteiger partial charge < -0.3 is 10.1 Å². The van der Waals surface area contributed by atoms with Gasteiger partial charge in [0.1, 0.15) is 6.04 Å². The van der Waals surface area contributed by atoms with Crippen molar-refractivity contribution < 1.29 is 14.3 Å². The van der Waals surface area contributed by atoms with E-state index < -0.39 is 12.0 Å². The Balaban J connectivity index is 1.69. The van der Waals surface area contributed by atoms with Crippen molar-refractivity contribution >= 4 is 50.2 Å². The first-order valence-corrected chi connectivity index (χ1v) is 10.0. The number of para-hydroxylation sites is 1. The summed E-state index contributed by atoms with van der Waals surface area (Å²) in [5.41, 5.74) is 1.02. The van der Waals surface area contributed by atoms with Gasteiger partial charge in [-0.1, -0.05) is 49.1 Å². The smallest absolute Gasteiger partial charge is 0.328 e. The molecule has 0 aliphatic heterocycles. The fourth-order valence-electron chi connectivity index (χ4n) is 2.64. The van der Waals surface area contributed by atoms with Gasteiger partial charge in [-0.15, -0.1) is 10.2 Å². The molecule has 0 fully saturated rings. The second-order valence-corrected chi connectivity index (χ2v) is 8.18. The van der Waals surface area contributed by atoms with E-state index in [2.05, 4.69) is 15.5 Å². The van der Waals surface area contributed by atoms with Gasteiger partial charge in [0.25, 0.3) is 0 Å². The van der Waals surface area contributed by atoms with Crippen molar-refractivity contribution in [2.75, 3.05) is 12.9 Å². The van der Waals surface area contributed by atoms with Crippen LogP contribution in [-0.4, -0.2) is 45.4 Å². The molecular weight excluding hydrogens is 372 g/mol. The summed E-state index contributed by atoms with van der Waals surface area (Å²) in [7, 11) is 1.32. The first kappa shape index (κ1) is 18.7. The monoisotopic (exact) mass is 392 g/mol. The van der Waals surface area contributed by atoms with Gasteiger partial charge in [-0.2, -0.15) is 0 Å². The van der Waals surface area contributed by atoms with E-state index >= 15 is 0 Å². The molecule has 3 rings (SSSR count). The van der Waals surface area contributed by atoms with Crippen molar-refractivity contribution in [3.63, 3.8) is 0 Å². The largest absolute Gasteiger partial charge is 0.467 e. The molecule has 7 nitrogen and oxygen atoms in total. The van der Waals surface area contributed by atoms with Crippen LogP contribution in [0.1, 0.15) is 20.3 Å². The third-order valence-electron chi connectivity index (χ3n) is 3.77. The molecule has 0 unspecified atom stereocenters. The molecule has 2 aromatic heterocycles. The van der Waals surface area contributed by atoms with Crippen LogP contribution in [0, 0.1) is 5.92 Å². The van der Waals surface area contributed by atoms with E-state index in [1.54, 1.807) is 11.3 Å². The average molecular weight is 393 g/mol. The number of thiazole rings is 1. The minimum Gasteiger partial charge on any atom is -0.467 e. The molecule has 0 aliphatic rings. The van der Waals surface area contributed by atoms with Crippen LogP contribution in [-0.2, 0) is 14.3 Å². The van der Waals surface area contributed by atoms with Crippen molar-refractivity contribution in [2.24, 2.45) is 5.92 Å². The topological polar surface area (TPSA) is 85.6 Å². The van der Waals surface area contributed by atoms with Gasteiger partial charge >= 0.3 is 5.97 Å². The van der Waals surface area contributed by atoms with E-state index in [1.807, 2.05) is 42.5 Å². The molecule has 0 spiro atoms. The minimum atomic E-state index is -0.631. The number of methoxy groups -OCH3 is 1. The highest BCUT2D eigenvalue weighted by Crippen LogP contribution is 2.29. The molecule has 0 aliphatic carbocycles. The summed E-state index contributed by atoms with van der Waals surface area (Å²) in [6.07, 6.45) is 0.535. The van der Waals surface area contributed by atoms with Crippen LogP contribution >= 0.6 is 23.1 Å². The molecule has 1 aromatic carbocycles. The fraction of sp³-hybridized carbons (Fsp3) is 0.412. The van der Waals surface area contributed by atoms with Crippen molar-refractivity contribution in [1.82, 2.24) is 19.9 Å². The summed E-state index contributed by atoms with van der Waals surface area (Å²) < 4.78 is 7.84. The maximum absolute atomic E-state index is 12.3.